The second kappa shape index (κ2) is 6.46. The fourth-order valence-electron chi connectivity index (χ4n) is 1.73. The Morgan fingerprint density at radius 2 is 1.76 bits per heavy atom. The van der Waals surface area contributed by atoms with Crippen molar-refractivity contribution in [3.63, 3.8) is 0 Å². The van der Waals surface area contributed by atoms with E-state index in [1.807, 2.05) is 13.8 Å². The zero-order chi connectivity index (χ0) is 16.3. The van der Waals surface area contributed by atoms with Crippen LogP contribution in [-0.4, -0.2) is 25.9 Å². The third-order valence-corrected chi connectivity index (χ3v) is 4.33. The minimum absolute atomic E-state index is 0.0684. The topological polar surface area (TPSA) is 63.2 Å². The molecule has 1 aromatic carbocycles. The van der Waals surface area contributed by atoms with Gasteiger partial charge >= 0.3 is 5.51 Å². The minimum Gasteiger partial charge on any atom is -0.350 e. The highest BCUT2D eigenvalue weighted by Crippen LogP contribution is 2.30. The second-order valence-corrected chi connectivity index (χ2v) is 6.58. The van der Waals surface area contributed by atoms with E-state index in [0.29, 0.717) is 0 Å². The van der Waals surface area contributed by atoms with Crippen molar-refractivity contribution < 1.29 is 26.4 Å². The van der Waals surface area contributed by atoms with Crippen LogP contribution in [-0.2, 0) is 9.84 Å². The van der Waals surface area contributed by atoms with E-state index in [2.05, 4.69) is 5.32 Å². The first-order valence-electron chi connectivity index (χ1n) is 6.32. The summed E-state index contributed by atoms with van der Waals surface area (Å²) >= 11 is 0. The summed E-state index contributed by atoms with van der Waals surface area (Å²) in [6.45, 7) is 3.77. The van der Waals surface area contributed by atoms with Crippen LogP contribution in [0.3, 0.4) is 0 Å². The lowest BCUT2D eigenvalue weighted by molar-refractivity contribution is -0.0436. The van der Waals surface area contributed by atoms with Crippen molar-refractivity contribution in [1.82, 2.24) is 5.32 Å². The maximum Gasteiger partial charge on any atom is 0.501 e. The van der Waals surface area contributed by atoms with Crippen molar-refractivity contribution in [2.45, 2.75) is 43.1 Å². The number of hydrogen-bond donors (Lipinski definition) is 1. The number of halogens is 3. The van der Waals surface area contributed by atoms with Crippen LogP contribution < -0.4 is 5.32 Å². The first-order chi connectivity index (χ1) is 9.59. The van der Waals surface area contributed by atoms with Crippen molar-refractivity contribution in [1.29, 1.82) is 0 Å². The molecule has 1 amide bonds. The van der Waals surface area contributed by atoms with Gasteiger partial charge in [0, 0.05) is 11.6 Å². The van der Waals surface area contributed by atoms with Crippen molar-refractivity contribution in [2.75, 3.05) is 0 Å². The first kappa shape index (κ1) is 17.5. The monoisotopic (exact) mass is 323 g/mol. The van der Waals surface area contributed by atoms with Crippen LogP contribution in [0, 0.1) is 0 Å². The third-order valence-electron chi connectivity index (χ3n) is 2.83. The van der Waals surface area contributed by atoms with Gasteiger partial charge in [0.05, 0.1) is 4.90 Å². The quantitative estimate of drug-likeness (QED) is 0.906. The van der Waals surface area contributed by atoms with Gasteiger partial charge in [0.25, 0.3) is 15.7 Å². The number of sulfone groups is 1. The molecular weight excluding hydrogens is 307 g/mol. The molecule has 4 nitrogen and oxygen atoms in total. The fraction of sp³-hybridized carbons (Fsp3) is 0.462. The van der Waals surface area contributed by atoms with E-state index in [4.69, 9.17) is 0 Å². The summed E-state index contributed by atoms with van der Waals surface area (Å²) in [6.07, 6.45) is 1.65. The summed E-state index contributed by atoms with van der Waals surface area (Å²) < 4.78 is 59.4. The Bertz CT molecular complexity index is 594. The molecule has 1 atom stereocenters. The summed E-state index contributed by atoms with van der Waals surface area (Å²) in [5, 5.41) is 2.67. The molecule has 1 aromatic rings. The second-order valence-electron chi connectivity index (χ2n) is 4.64. The summed E-state index contributed by atoms with van der Waals surface area (Å²) in [7, 11) is -5.38. The van der Waals surface area contributed by atoms with Crippen molar-refractivity contribution in [3.05, 3.63) is 29.8 Å². The van der Waals surface area contributed by atoms with E-state index >= 15 is 0 Å². The first-order valence-corrected chi connectivity index (χ1v) is 7.80. The molecule has 0 aliphatic heterocycles. The maximum atomic E-state index is 12.4. The molecule has 0 aliphatic rings. The Kier molecular flexibility index (Phi) is 5.38. The average molecular weight is 323 g/mol. The summed E-state index contributed by atoms with van der Waals surface area (Å²) in [5.74, 6) is -0.452. The Morgan fingerprint density at radius 3 is 2.19 bits per heavy atom. The number of amides is 1. The molecule has 0 fully saturated rings. The van der Waals surface area contributed by atoms with Crippen LogP contribution in [0.1, 0.15) is 37.0 Å². The van der Waals surface area contributed by atoms with E-state index in [1.54, 1.807) is 0 Å². The molecule has 118 valence electrons. The molecule has 1 rings (SSSR count). The molecule has 0 aliphatic carbocycles. The lowest BCUT2D eigenvalue weighted by Gasteiger charge is -2.13. The molecule has 0 saturated carbocycles. The van der Waals surface area contributed by atoms with E-state index in [1.165, 1.54) is 0 Å². The number of nitrogens with one attached hydrogen (secondary N) is 1. The van der Waals surface area contributed by atoms with Crippen LogP contribution in [0.4, 0.5) is 13.2 Å². The molecular formula is C13H16F3NO3S. The lowest BCUT2D eigenvalue weighted by atomic mass is 10.1. The number of alkyl halides is 3. The van der Waals surface area contributed by atoms with Crippen LogP contribution in [0.15, 0.2) is 29.2 Å². The van der Waals surface area contributed by atoms with Gasteiger partial charge in [-0.1, -0.05) is 13.3 Å². The molecule has 0 aromatic heterocycles. The zero-order valence-corrected chi connectivity index (χ0v) is 12.4. The number of rotatable bonds is 5. The summed E-state index contributed by atoms with van der Waals surface area (Å²) in [5.41, 5.74) is -5.24. The standard InChI is InChI=1S/C13H16F3NO3S/c1-3-4-9(2)17-12(18)10-5-7-11(8-6-10)21(19,20)13(14,15)16/h5-9H,3-4H2,1-2H3,(H,17,18). The van der Waals surface area contributed by atoms with E-state index < -0.39 is 26.1 Å². The summed E-state index contributed by atoms with van der Waals surface area (Å²) in [4.78, 5) is 10.9. The minimum atomic E-state index is -5.38. The molecule has 0 spiro atoms. The highest BCUT2D eigenvalue weighted by molar-refractivity contribution is 7.92. The molecule has 8 heteroatoms. The number of hydrogen-bond acceptors (Lipinski definition) is 3. The third kappa shape index (κ3) is 4.20. The van der Waals surface area contributed by atoms with Gasteiger partial charge in [-0.2, -0.15) is 13.2 Å². The molecule has 0 saturated heterocycles. The Balaban J connectivity index is 2.91. The Hall–Kier alpha value is -1.57. The molecule has 1 N–H and O–H groups in total. The molecule has 0 bridgehead atoms. The van der Waals surface area contributed by atoms with Gasteiger partial charge in [0.15, 0.2) is 0 Å². The molecule has 0 radical (unpaired) electrons. The zero-order valence-electron chi connectivity index (χ0n) is 11.6. The largest absolute Gasteiger partial charge is 0.501 e. The van der Waals surface area contributed by atoms with Gasteiger partial charge in [-0.3, -0.25) is 4.79 Å². The fourth-order valence-corrected chi connectivity index (χ4v) is 2.49. The van der Waals surface area contributed by atoms with Gasteiger partial charge in [0.1, 0.15) is 0 Å². The van der Waals surface area contributed by atoms with E-state index in [9.17, 15) is 26.4 Å². The Labute approximate surface area is 121 Å². The molecule has 21 heavy (non-hydrogen) atoms. The predicted molar refractivity (Wildman–Crippen MR) is 71.5 cm³/mol. The number of carbonyl (C=O) groups excluding carboxylic acids is 1. The van der Waals surface area contributed by atoms with Gasteiger partial charge in [-0.05, 0) is 37.6 Å². The highest BCUT2D eigenvalue weighted by atomic mass is 32.2. The van der Waals surface area contributed by atoms with Crippen LogP contribution in [0.2, 0.25) is 0 Å². The smallest absolute Gasteiger partial charge is 0.350 e. The highest BCUT2D eigenvalue weighted by Gasteiger charge is 2.46. The molecule has 0 heterocycles. The van der Waals surface area contributed by atoms with Crippen LogP contribution in [0.5, 0.6) is 0 Å². The summed E-state index contributed by atoms with van der Waals surface area (Å²) in [6, 6.07) is 3.62. The normalized spacial score (nSPS) is 13.8. The van der Waals surface area contributed by atoms with Gasteiger partial charge in [-0.15, -0.1) is 0 Å². The number of benzene rings is 1. The van der Waals surface area contributed by atoms with E-state index in [0.717, 1.165) is 37.1 Å². The predicted octanol–water partition coefficient (Wildman–Crippen LogP) is 2.90. The molecule has 1 unspecified atom stereocenters. The SMILES string of the molecule is CCCC(C)NC(=O)c1ccc(S(=O)(=O)C(F)(F)F)cc1. The number of carbonyl (C=O) groups is 1. The van der Waals surface area contributed by atoms with Crippen LogP contribution in [0.25, 0.3) is 0 Å². The van der Waals surface area contributed by atoms with Crippen molar-refractivity contribution in [3.8, 4) is 0 Å². The van der Waals surface area contributed by atoms with Gasteiger partial charge in [-0.25, -0.2) is 8.42 Å². The Morgan fingerprint density at radius 1 is 1.24 bits per heavy atom. The lowest BCUT2D eigenvalue weighted by Crippen LogP contribution is -2.32. The van der Waals surface area contributed by atoms with Crippen LogP contribution >= 0.6 is 0 Å². The van der Waals surface area contributed by atoms with Gasteiger partial charge in [0.2, 0.25) is 0 Å². The average Bonchev–Trinajstić information content (AvgIpc) is 2.37. The van der Waals surface area contributed by atoms with Gasteiger partial charge < -0.3 is 5.32 Å². The van der Waals surface area contributed by atoms with E-state index in [-0.39, 0.29) is 11.6 Å². The maximum absolute atomic E-state index is 12.4. The van der Waals surface area contributed by atoms with Crippen molar-refractivity contribution >= 4 is 15.7 Å². The van der Waals surface area contributed by atoms with Crippen molar-refractivity contribution in [2.24, 2.45) is 0 Å².